The van der Waals surface area contributed by atoms with Crippen molar-refractivity contribution < 1.29 is 9.47 Å². The predicted molar refractivity (Wildman–Crippen MR) is 74.9 cm³/mol. The molecular weight excluding hydrogens is 240 g/mol. The fourth-order valence-corrected chi connectivity index (χ4v) is 2.74. The average molecular weight is 262 g/mol. The molecule has 4 nitrogen and oxygen atoms in total. The van der Waals surface area contributed by atoms with Crippen LogP contribution in [-0.4, -0.2) is 61.8 Å². The quantitative estimate of drug-likeness (QED) is 0.805. The van der Waals surface area contributed by atoms with Crippen LogP contribution < -0.4 is 9.47 Å². The molecule has 0 spiro atoms. The first-order chi connectivity index (χ1) is 9.24. The monoisotopic (exact) mass is 262 g/mol. The summed E-state index contributed by atoms with van der Waals surface area (Å²) in [7, 11) is 2.18. The van der Waals surface area contributed by atoms with Crippen LogP contribution >= 0.6 is 0 Å². The lowest BCUT2D eigenvalue weighted by Gasteiger charge is -2.40. The third-order valence-electron chi connectivity index (χ3n) is 4.18. The lowest BCUT2D eigenvalue weighted by atomic mass is 10.1. The minimum absolute atomic E-state index is 0.123. The van der Waals surface area contributed by atoms with Crippen LogP contribution in [0.25, 0.3) is 0 Å². The zero-order chi connectivity index (χ0) is 13.2. The smallest absolute Gasteiger partial charge is 0.161 e. The van der Waals surface area contributed by atoms with Gasteiger partial charge >= 0.3 is 0 Å². The van der Waals surface area contributed by atoms with Crippen LogP contribution in [0.5, 0.6) is 11.5 Å². The van der Waals surface area contributed by atoms with E-state index in [1.807, 2.05) is 24.3 Å². The maximum absolute atomic E-state index is 6.09. The first-order valence-electron chi connectivity index (χ1n) is 7.05. The van der Waals surface area contributed by atoms with Crippen LogP contribution in [-0.2, 0) is 0 Å². The van der Waals surface area contributed by atoms with Crippen LogP contribution in [0.1, 0.15) is 6.92 Å². The highest BCUT2D eigenvalue weighted by Gasteiger charge is 2.31. The summed E-state index contributed by atoms with van der Waals surface area (Å²) in [5, 5.41) is 0. The summed E-state index contributed by atoms with van der Waals surface area (Å²) in [5.74, 6) is 1.74. The summed E-state index contributed by atoms with van der Waals surface area (Å²) < 4.78 is 11.9. The van der Waals surface area contributed by atoms with Crippen molar-refractivity contribution in [2.75, 3.05) is 39.8 Å². The second-order valence-corrected chi connectivity index (χ2v) is 5.49. The normalized spacial score (nSPS) is 26.1. The topological polar surface area (TPSA) is 24.9 Å². The molecule has 0 bridgehead atoms. The molecule has 0 unspecified atom stereocenters. The Balaban J connectivity index is 1.64. The molecule has 104 valence electrons. The van der Waals surface area contributed by atoms with Gasteiger partial charge in [-0.15, -0.1) is 0 Å². The number of hydrogen-bond donors (Lipinski definition) is 0. The molecule has 0 amide bonds. The third-order valence-corrected chi connectivity index (χ3v) is 4.18. The van der Waals surface area contributed by atoms with E-state index in [2.05, 4.69) is 23.8 Å². The van der Waals surface area contributed by atoms with E-state index in [-0.39, 0.29) is 6.10 Å². The van der Waals surface area contributed by atoms with E-state index in [1.165, 1.54) is 0 Å². The molecule has 1 aromatic carbocycles. The number of benzene rings is 1. The Kier molecular flexibility index (Phi) is 3.62. The lowest BCUT2D eigenvalue weighted by molar-refractivity contribution is 0.00507. The van der Waals surface area contributed by atoms with Gasteiger partial charge in [0.2, 0.25) is 0 Å². The summed E-state index contributed by atoms with van der Waals surface area (Å²) in [6.07, 6.45) is 0.123. The number of ether oxygens (including phenoxy) is 2. The largest absolute Gasteiger partial charge is 0.486 e. The lowest BCUT2D eigenvalue weighted by Crippen LogP contribution is -2.54. The molecule has 4 heteroatoms. The Morgan fingerprint density at radius 3 is 2.53 bits per heavy atom. The van der Waals surface area contributed by atoms with E-state index in [1.54, 1.807) is 0 Å². The van der Waals surface area contributed by atoms with Crippen LogP contribution in [0.2, 0.25) is 0 Å². The zero-order valence-electron chi connectivity index (χ0n) is 11.7. The number of nitrogens with zero attached hydrogens (tertiary/aromatic N) is 2. The number of fused-ring (bicyclic) bond motifs is 1. The van der Waals surface area contributed by atoms with E-state index >= 15 is 0 Å². The molecule has 0 saturated carbocycles. The van der Waals surface area contributed by atoms with Gasteiger partial charge in [0.25, 0.3) is 0 Å². The van der Waals surface area contributed by atoms with Crippen LogP contribution in [0.3, 0.4) is 0 Å². The molecule has 1 saturated heterocycles. The van der Waals surface area contributed by atoms with Gasteiger partial charge in [-0.1, -0.05) is 12.1 Å². The Labute approximate surface area is 114 Å². The van der Waals surface area contributed by atoms with E-state index < -0.39 is 0 Å². The molecule has 0 aromatic heterocycles. The SMILES string of the molecule is C[C@H]([C@H]1COc2ccccc2O1)N1CCN(C)CC1. The highest BCUT2D eigenvalue weighted by atomic mass is 16.6. The van der Waals surface area contributed by atoms with Crippen LogP contribution in [0, 0.1) is 0 Å². The Morgan fingerprint density at radius 2 is 1.79 bits per heavy atom. The summed E-state index contributed by atoms with van der Waals surface area (Å²) >= 11 is 0. The number of rotatable bonds is 2. The van der Waals surface area contributed by atoms with Gasteiger partial charge in [-0.3, -0.25) is 4.90 Å². The van der Waals surface area contributed by atoms with Crippen molar-refractivity contribution in [3.8, 4) is 11.5 Å². The second-order valence-electron chi connectivity index (χ2n) is 5.49. The average Bonchev–Trinajstić information content (AvgIpc) is 2.47. The Hall–Kier alpha value is -1.26. The molecule has 1 fully saturated rings. The number of hydrogen-bond acceptors (Lipinski definition) is 4. The summed E-state index contributed by atoms with van der Waals surface area (Å²) in [5.41, 5.74) is 0. The van der Waals surface area contributed by atoms with Crippen molar-refractivity contribution in [2.24, 2.45) is 0 Å². The minimum Gasteiger partial charge on any atom is -0.486 e. The number of para-hydroxylation sites is 2. The van der Waals surface area contributed by atoms with E-state index in [9.17, 15) is 0 Å². The molecule has 19 heavy (non-hydrogen) atoms. The van der Waals surface area contributed by atoms with Crippen LogP contribution in [0.15, 0.2) is 24.3 Å². The predicted octanol–water partition coefficient (Wildman–Crippen LogP) is 1.46. The molecule has 2 heterocycles. The van der Waals surface area contributed by atoms with Crippen molar-refractivity contribution in [2.45, 2.75) is 19.1 Å². The van der Waals surface area contributed by atoms with E-state index in [0.717, 1.165) is 37.7 Å². The van der Waals surface area contributed by atoms with Gasteiger partial charge in [0.15, 0.2) is 11.5 Å². The van der Waals surface area contributed by atoms with Crippen molar-refractivity contribution in [1.29, 1.82) is 0 Å². The molecule has 0 aliphatic carbocycles. The van der Waals surface area contributed by atoms with Crippen molar-refractivity contribution >= 4 is 0 Å². The second kappa shape index (κ2) is 5.39. The Morgan fingerprint density at radius 1 is 1.11 bits per heavy atom. The first kappa shape index (κ1) is 12.8. The minimum atomic E-state index is 0.123. The number of likely N-dealkylation sites (N-methyl/N-ethyl adjacent to an activating group) is 1. The zero-order valence-corrected chi connectivity index (χ0v) is 11.7. The van der Waals surface area contributed by atoms with E-state index in [4.69, 9.17) is 9.47 Å². The highest BCUT2D eigenvalue weighted by Crippen LogP contribution is 2.32. The van der Waals surface area contributed by atoms with Crippen LogP contribution in [0.4, 0.5) is 0 Å². The number of piperazine rings is 1. The fraction of sp³-hybridized carbons (Fsp3) is 0.600. The van der Waals surface area contributed by atoms with Gasteiger partial charge in [-0.2, -0.15) is 0 Å². The van der Waals surface area contributed by atoms with Gasteiger partial charge in [0, 0.05) is 32.2 Å². The summed E-state index contributed by atoms with van der Waals surface area (Å²) in [6, 6.07) is 8.31. The molecule has 0 N–H and O–H groups in total. The third kappa shape index (κ3) is 2.69. The van der Waals surface area contributed by atoms with Crippen molar-refractivity contribution in [1.82, 2.24) is 9.80 Å². The first-order valence-corrected chi connectivity index (χ1v) is 7.05. The maximum atomic E-state index is 6.09. The molecular formula is C15H22N2O2. The van der Waals surface area contributed by atoms with E-state index in [0.29, 0.717) is 12.6 Å². The summed E-state index contributed by atoms with van der Waals surface area (Å²) in [6.45, 7) is 7.37. The maximum Gasteiger partial charge on any atom is 0.161 e. The van der Waals surface area contributed by atoms with Gasteiger partial charge in [0.05, 0.1) is 0 Å². The molecule has 1 aromatic rings. The van der Waals surface area contributed by atoms with Gasteiger partial charge in [-0.25, -0.2) is 0 Å². The fourth-order valence-electron chi connectivity index (χ4n) is 2.74. The standard InChI is InChI=1S/C15H22N2O2/c1-12(17-9-7-16(2)8-10-17)15-11-18-13-5-3-4-6-14(13)19-15/h3-6,12,15H,7-11H2,1-2H3/t12-,15-/m1/s1. The molecule has 3 rings (SSSR count). The summed E-state index contributed by atoms with van der Waals surface area (Å²) in [4.78, 5) is 4.87. The van der Waals surface area contributed by atoms with Gasteiger partial charge < -0.3 is 14.4 Å². The highest BCUT2D eigenvalue weighted by molar-refractivity contribution is 5.40. The molecule has 2 aliphatic heterocycles. The molecule has 0 radical (unpaired) electrons. The van der Waals surface area contributed by atoms with Gasteiger partial charge in [-0.05, 0) is 26.1 Å². The molecule has 2 atom stereocenters. The molecule has 2 aliphatic rings. The Bertz CT molecular complexity index is 430. The van der Waals surface area contributed by atoms with Crippen molar-refractivity contribution in [3.05, 3.63) is 24.3 Å². The van der Waals surface area contributed by atoms with Crippen molar-refractivity contribution in [3.63, 3.8) is 0 Å². The van der Waals surface area contributed by atoms with Gasteiger partial charge in [0.1, 0.15) is 12.7 Å².